The van der Waals surface area contributed by atoms with E-state index in [-0.39, 0.29) is 0 Å². The smallest absolute Gasteiger partial charge is 0.00722 e. The molecule has 0 fully saturated rings. The molecule has 54 valence electrons. The van der Waals surface area contributed by atoms with Crippen LogP contribution in [0.2, 0.25) is 0 Å². The van der Waals surface area contributed by atoms with Crippen LogP contribution in [-0.4, -0.2) is 5.75 Å². The fourth-order valence-corrected chi connectivity index (χ4v) is 1.68. The lowest BCUT2D eigenvalue weighted by molar-refractivity contribution is 0.975. The fourth-order valence-electron chi connectivity index (χ4n) is 0.816. The van der Waals surface area contributed by atoms with E-state index in [1.54, 1.807) is 0 Å². The van der Waals surface area contributed by atoms with Gasteiger partial charge in [-0.2, -0.15) is 0 Å². The van der Waals surface area contributed by atoms with Crippen molar-refractivity contribution in [3.63, 3.8) is 0 Å². The van der Waals surface area contributed by atoms with Crippen LogP contribution in [-0.2, 0) is 0 Å². The number of thioether (sulfide) groups is 1. The first-order valence-corrected chi connectivity index (χ1v) is 4.56. The van der Waals surface area contributed by atoms with Crippen molar-refractivity contribution >= 4 is 11.8 Å². The quantitative estimate of drug-likeness (QED) is 0.548. The lowest BCUT2D eigenvalue weighted by atomic mass is 10.1. The summed E-state index contributed by atoms with van der Waals surface area (Å²) in [5, 5.41) is 2.17. The molecule has 0 amide bonds. The third-order valence-electron chi connectivity index (χ3n) is 1.37. The summed E-state index contributed by atoms with van der Waals surface area (Å²) in [6, 6.07) is 0. The Balaban J connectivity index is 2.30. The van der Waals surface area contributed by atoms with Crippen molar-refractivity contribution in [2.75, 3.05) is 5.75 Å². The van der Waals surface area contributed by atoms with Gasteiger partial charge in [0.15, 0.2) is 0 Å². The Morgan fingerprint density at radius 2 is 2.40 bits per heavy atom. The van der Waals surface area contributed by atoms with E-state index in [2.05, 4.69) is 29.7 Å². The van der Waals surface area contributed by atoms with Gasteiger partial charge in [0.2, 0.25) is 0 Å². The highest BCUT2D eigenvalue weighted by molar-refractivity contribution is 8.02. The van der Waals surface area contributed by atoms with Crippen LogP contribution in [0.15, 0.2) is 35.8 Å². The first-order valence-electron chi connectivity index (χ1n) is 3.51. The number of hydrogen-bond acceptors (Lipinski definition) is 1. The van der Waals surface area contributed by atoms with E-state index < -0.39 is 0 Å². The standard InChI is InChI=1S/C9H12S/c1-2-3-4-5-9-6-7-10-8-9/h2-7,9H,8H2,1H3/b3-2-,5-4-. The van der Waals surface area contributed by atoms with Crippen LogP contribution >= 0.6 is 11.8 Å². The summed E-state index contributed by atoms with van der Waals surface area (Å²) in [7, 11) is 0. The van der Waals surface area contributed by atoms with Gasteiger partial charge in [0.25, 0.3) is 0 Å². The van der Waals surface area contributed by atoms with Crippen LogP contribution in [0, 0.1) is 5.92 Å². The first-order chi connectivity index (χ1) is 4.93. The van der Waals surface area contributed by atoms with Crippen LogP contribution in [0.3, 0.4) is 0 Å². The lowest BCUT2D eigenvalue weighted by Crippen LogP contribution is -1.87. The van der Waals surface area contributed by atoms with Gasteiger partial charge in [-0.25, -0.2) is 0 Å². The minimum atomic E-state index is 0.668. The van der Waals surface area contributed by atoms with Crippen molar-refractivity contribution in [3.05, 3.63) is 35.8 Å². The molecule has 1 rings (SSSR count). The molecule has 0 N–H and O–H groups in total. The van der Waals surface area contributed by atoms with Gasteiger partial charge in [-0.05, 0) is 12.3 Å². The normalized spacial score (nSPS) is 25.5. The minimum absolute atomic E-state index is 0.668. The highest BCUT2D eigenvalue weighted by Crippen LogP contribution is 2.20. The molecular weight excluding hydrogens is 140 g/mol. The molecule has 0 saturated heterocycles. The predicted molar refractivity (Wildman–Crippen MR) is 49.0 cm³/mol. The van der Waals surface area contributed by atoms with E-state index in [1.165, 1.54) is 5.75 Å². The molecule has 0 aromatic heterocycles. The molecule has 0 nitrogen and oxygen atoms in total. The van der Waals surface area contributed by atoms with Gasteiger partial charge in [-0.1, -0.05) is 30.4 Å². The second kappa shape index (κ2) is 4.40. The molecular formula is C9H12S. The topological polar surface area (TPSA) is 0 Å². The van der Waals surface area contributed by atoms with Crippen LogP contribution in [0.1, 0.15) is 6.92 Å². The molecule has 0 aliphatic carbocycles. The van der Waals surface area contributed by atoms with E-state index in [0.29, 0.717) is 5.92 Å². The SMILES string of the molecule is C/C=C\C=C/C1C=CSC1. The first kappa shape index (κ1) is 7.67. The van der Waals surface area contributed by atoms with Crippen molar-refractivity contribution in [3.8, 4) is 0 Å². The summed E-state index contributed by atoms with van der Waals surface area (Å²) in [6.07, 6.45) is 10.7. The van der Waals surface area contributed by atoms with Crippen LogP contribution in [0.5, 0.6) is 0 Å². The third kappa shape index (κ3) is 2.44. The molecule has 0 radical (unpaired) electrons. The van der Waals surface area contributed by atoms with Crippen molar-refractivity contribution < 1.29 is 0 Å². The maximum absolute atomic E-state index is 2.24. The number of rotatable bonds is 2. The summed E-state index contributed by atoms with van der Waals surface area (Å²) in [6.45, 7) is 2.03. The highest BCUT2D eigenvalue weighted by atomic mass is 32.2. The Bertz CT molecular complexity index is 166. The van der Waals surface area contributed by atoms with Crippen molar-refractivity contribution in [2.45, 2.75) is 6.92 Å². The van der Waals surface area contributed by atoms with Gasteiger partial charge in [0.05, 0.1) is 0 Å². The van der Waals surface area contributed by atoms with E-state index >= 15 is 0 Å². The maximum Gasteiger partial charge on any atom is 0.00722 e. The number of hydrogen-bond donors (Lipinski definition) is 0. The summed E-state index contributed by atoms with van der Waals surface area (Å²) in [5.41, 5.74) is 0. The number of allylic oxidation sites excluding steroid dienone is 5. The average Bonchev–Trinajstić information content (AvgIpc) is 2.41. The van der Waals surface area contributed by atoms with E-state index in [4.69, 9.17) is 0 Å². The molecule has 1 heteroatoms. The third-order valence-corrected chi connectivity index (χ3v) is 2.30. The van der Waals surface area contributed by atoms with Gasteiger partial charge in [-0.15, -0.1) is 11.8 Å². The molecule has 0 spiro atoms. The van der Waals surface area contributed by atoms with Crippen LogP contribution in [0.25, 0.3) is 0 Å². The molecule has 0 saturated carbocycles. The van der Waals surface area contributed by atoms with Gasteiger partial charge >= 0.3 is 0 Å². The van der Waals surface area contributed by atoms with Gasteiger partial charge in [-0.3, -0.25) is 0 Å². The molecule has 1 heterocycles. The Morgan fingerprint density at radius 1 is 1.50 bits per heavy atom. The van der Waals surface area contributed by atoms with E-state index in [9.17, 15) is 0 Å². The average molecular weight is 152 g/mol. The molecule has 1 atom stereocenters. The molecule has 1 aliphatic rings. The lowest BCUT2D eigenvalue weighted by Gasteiger charge is -1.94. The second-order valence-electron chi connectivity index (χ2n) is 2.24. The molecule has 0 aromatic carbocycles. The van der Waals surface area contributed by atoms with E-state index in [1.807, 2.05) is 24.8 Å². The maximum atomic E-state index is 2.24. The minimum Gasteiger partial charge on any atom is -0.134 e. The molecule has 0 aromatic rings. The summed E-state index contributed by atoms with van der Waals surface area (Å²) < 4.78 is 0. The highest BCUT2D eigenvalue weighted by Gasteiger charge is 2.03. The largest absolute Gasteiger partial charge is 0.134 e. The molecule has 1 aliphatic heterocycles. The van der Waals surface area contributed by atoms with E-state index in [0.717, 1.165) is 0 Å². The van der Waals surface area contributed by atoms with Gasteiger partial charge in [0, 0.05) is 11.7 Å². The van der Waals surface area contributed by atoms with Gasteiger partial charge < -0.3 is 0 Å². The molecule has 0 bridgehead atoms. The Morgan fingerprint density at radius 3 is 3.00 bits per heavy atom. The molecule has 1 unspecified atom stereocenters. The Labute approximate surface area is 66.7 Å². The zero-order valence-corrected chi connectivity index (χ0v) is 6.97. The summed E-state index contributed by atoms with van der Waals surface area (Å²) >= 11 is 1.88. The molecule has 10 heavy (non-hydrogen) atoms. The van der Waals surface area contributed by atoms with Crippen molar-refractivity contribution in [1.29, 1.82) is 0 Å². The Hall–Kier alpha value is -0.430. The predicted octanol–water partition coefficient (Wildman–Crippen LogP) is 3.00. The van der Waals surface area contributed by atoms with Crippen LogP contribution < -0.4 is 0 Å². The second-order valence-corrected chi connectivity index (χ2v) is 3.18. The Kier molecular flexibility index (Phi) is 3.37. The fraction of sp³-hybridized carbons (Fsp3) is 0.333. The van der Waals surface area contributed by atoms with Crippen molar-refractivity contribution in [1.82, 2.24) is 0 Å². The zero-order chi connectivity index (χ0) is 7.23. The summed E-state index contributed by atoms with van der Waals surface area (Å²) in [4.78, 5) is 0. The van der Waals surface area contributed by atoms with Crippen molar-refractivity contribution in [2.24, 2.45) is 5.92 Å². The summed E-state index contributed by atoms with van der Waals surface area (Å²) in [5.74, 6) is 1.88. The monoisotopic (exact) mass is 152 g/mol. The van der Waals surface area contributed by atoms with Crippen LogP contribution in [0.4, 0.5) is 0 Å². The van der Waals surface area contributed by atoms with Gasteiger partial charge in [0.1, 0.15) is 0 Å². The zero-order valence-electron chi connectivity index (χ0n) is 6.16.